The molecule has 2 atom stereocenters. The van der Waals surface area contributed by atoms with Crippen LogP contribution < -0.4 is 11.1 Å². The summed E-state index contributed by atoms with van der Waals surface area (Å²) >= 11 is 1.75. The molecule has 0 aliphatic rings. The van der Waals surface area contributed by atoms with Crippen LogP contribution in [0.4, 0.5) is 0 Å². The van der Waals surface area contributed by atoms with Crippen molar-refractivity contribution in [3.63, 3.8) is 0 Å². The lowest BCUT2D eigenvalue weighted by atomic mass is 9.92. The lowest BCUT2D eigenvalue weighted by Gasteiger charge is -2.25. The summed E-state index contributed by atoms with van der Waals surface area (Å²) in [6.07, 6.45) is 0.977. The van der Waals surface area contributed by atoms with Crippen molar-refractivity contribution in [2.75, 3.05) is 6.54 Å². The van der Waals surface area contributed by atoms with Crippen LogP contribution in [0.1, 0.15) is 24.3 Å². The second kappa shape index (κ2) is 6.87. The number of hydrogen-bond acceptors (Lipinski definition) is 3. The topological polar surface area (TPSA) is 55.1 Å². The Morgan fingerprint density at radius 3 is 2.62 bits per heavy atom. The molecular formula is C17H22N2OS. The van der Waals surface area contributed by atoms with Gasteiger partial charge in [-0.15, -0.1) is 11.3 Å². The van der Waals surface area contributed by atoms with Gasteiger partial charge in [-0.3, -0.25) is 4.79 Å². The van der Waals surface area contributed by atoms with E-state index in [2.05, 4.69) is 29.8 Å². The van der Waals surface area contributed by atoms with Crippen LogP contribution in [0.3, 0.4) is 0 Å². The van der Waals surface area contributed by atoms with Gasteiger partial charge in [0.2, 0.25) is 5.91 Å². The molecule has 4 heteroatoms. The zero-order valence-corrected chi connectivity index (χ0v) is 13.3. The van der Waals surface area contributed by atoms with Crippen LogP contribution in [-0.2, 0) is 16.8 Å². The fourth-order valence-electron chi connectivity index (χ4n) is 2.21. The minimum atomic E-state index is -0.996. The molecule has 1 amide bonds. The van der Waals surface area contributed by atoms with Gasteiger partial charge in [0.1, 0.15) is 5.54 Å². The van der Waals surface area contributed by atoms with Crippen molar-refractivity contribution in [3.05, 3.63) is 58.3 Å². The number of rotatable bonds is 6. The summed E-state index contributed by atoms with van der Waals surface area (Å²) < 4.78 is 0. The molecule has 0 fully saturated rings. The minimum absolute atomic E-state index is 0.133. The SMILES string of the molecule is CC(CNC(=O)C(C)(N)c1ccccc1)Cc1cccs1. The van der Waals surface area contributed by atoms with Crippen LogP contribution in [0.15, 0.2) is 47.8 Å². The zero-order chi connectivity index (χ0) is 15.3. The fourth-order valence-corrected chi connectivity index (χ4v) is 3.08. The van der Waals surface area contributed by atoms with Crippen molar-refractivity contribution in [2.45, 2.75) is 25.8 Å². The summed E-state index contributed by atoms with van der Waals surface area (Å²) in [5, 5.41) is 5.05. The van der Waals surface area contributed by atoms with E-state index in [-0.39, 0.29) is 5.91 Å². The van der Waals surface area contributed by atoms with Crippen molar-refractivity contribution >= 4 is 17.2 Å². The van der Waals surface area contributed by atoms with E-state index >= 15 is 0 Å². The number of nitrogens with one attached hydrogen (secondary N) is 1. The molecule has 1 aromatic heterocycles. The molecule has 0 saturated heterocycles. The lowest BCUT2D eigenvalue weighted by molar-refractivity contribution is -0.126. The Morgan fingerprint density at radius 1 is 1.29 bits per heavy atom. The van der Waals surface area contributed by atoms with E-state index in [0.717, 1.165) is 12.0 Å². The molecular weight excluding hydrogens is 280 g/mol. The highest BCUT2D eigenvalue weighted by Crippen LogP contribution is 2.18. The molecule has 112 valence electrons. The van der Waals surface area contributed by atoms with E-state index in [4.69, 9.17) is 5.73 Å². The van der Waals surface area contributed by atoms with Crippen LogP contribution in [0, 0.1) is 5.92 Å². The van der Waals surface area contributed by atoms with E-state index < -0.39 is 5.54 Å². The predicted octanol–water partition coefficient (Wildman–Crippen LogP) is 2.92. The van der Waals surface area contributed by atoms with Gasteiger partial charge in [-0.05, 0) is 36.3 Å². The Bertz CT molecular complexity index is 564. The van der Waals surface area contributed by atoms with Crippen molar-refractivity contribution in [1.29, 1.82) is 0 Å². The summed E-state index contributed by atoms with van der Waals surface area (Å²) in [5.74, 6) is 0.255. The summed E-state index contributed by atoms with van der Waals surface area (Å²) in [6, 6.07) is 13.7. The van der Waals surface area contributed by atoms with E-state index in [9.17, 15) is 4.79 Å². The van der Waals surface area contributed by atoms with Gasteiger partial charge >= 0.3 is 0 Å². The molecule has 3 N–H and O–H groups in total. The summed E-state index contributed by atoms with van der Waals surface area (Å²) in [6.45, 7) is 4.52. The highest BCUT2D eigenvalue weighted by molar-refractivity contribution is 7.09. The number of benzene rings is 1. The third-order valence-electron chi connectivity index (χ3n) is 3.59. The molecule has 21 heavy (non-hydrogen) atoms. The van der Waals surface area contributed by atoms with Gasteiger partial charge in [-0.1, -0.05) is 43.3 Å². The Morgan fingerprint density at radius 2 is 2.00 bits per heavy atom. The summed E-state index contributed by atoms with van der Waals surface area (Å²) in [4.78, 5) is 13.7. The number of carbonyl (C=O) groups excluding carboxylic acids is 1. The maximum absolute atomic E-state index is 12.3. The smallest absolute Gasteiger partial charge is 0.244 e. The molecule has 1 heterocycles. The largest absolute Gasteiger partial charge is 0.354 e. The molecule has 2 rings (SSSR count). The highest BCUT2D eigenvalue weighted by atomic mass is 32.1. The van der Waals surface area contributed by atoms with Crippen LogP contribution in [0.25, 0.3) is 0 Å². The average Bonchev–Trinajstić information content (AvgIpc) is 2.98. The lowest BCUT2D eigenvalue weighted by Crippen LogP contribution is -2.50. The number of hydrogen-bond donors (Lipinski definition) is 2. The van der Waals surface area contributed by atoms with E-state index in [0.29, 0.717) is 12.5 Å². The van der Waals surface area contributed by atoms with Crippen LogP contribution >= 0.6 is 11.3 Å². The molecule has 0 aliphatic carbocycles. The maximum atomic E-state index is 12.3. The number of carbonyl (C=O) groups is 1. The molecule has 0 saturated carbocycles. The number of thiophene rings is 1. The molecule has 0 aliphatic heterocycles. The van der Waals surface area contributed by atoms with Gasteiger partial charge in [0.25, 0.3) is 0 Å². The van der Waals surface area contributed by atoms with Crippen molar-refractivity contribution in [1.82, 2.24) is 5.32 Å². The minimum Gasteiger partial charge on any atom is -0.354 e. The second-order valence-corrected chi connectivity index (χ2v) is 6.70. The molecule has 2 aromatic rings. The van der Waals surface area contributed by atoms with Crippen molar-refractivity contribution < 1.29 is 4.79 Å². The first kappa shape index (κ1) is 15.7. The van der Waals surface area contributed by atoms with Gasteiger partial charge in [0.15, 0.2) is 0 Å². The van der Waals surface area contributed by atoms with E-state index in [1.54, 1.807) is 18.3 Å². The first-order valence-corrected chi connectivity index (χ1v) is 8.03. The zero-order valence-electron chi connectivity index (χ0n) is 12.5. The normalized spacial score (nSPS) is 15.2. The second-order valence-electron chi connectivity index (χ2n) is 5.67. The molecule has 0 spiro atoms. The molecule has 1 aromatic carbocycles. The standard InChI is InChI=1S/C17H22N2OS/c1-13(11-15-9-6-10-21-15)12-19-16(20)17(2,18)14-7-4-3-5-8-14/h3-10,13H,11-12,18H2,1-2H3,(H,19,20). The fraction of sp³-hybridized carbons (Fsp3) is 0.353. The summed E-state index contributed by atoms with van der Waals surface area (Å²) in [5.41, 5.74) is 6.02. The average molecular weight is 302 g/mol. The summed E-state index contributed by atoms with van der Waals surface area (Å²) in [7, 11) is 0. The first-order valence-electron chi connectivity index (χ1n) is 7.15. The van der Waals surface area contributed by atoms with Gasteiger partial charge in [0, 0.05) is 11.4 Å². The monoisotopic (exact) mass is 302 g/mol. The Balaban J connectivity index is 1.89. The Hall–Kier alpha value is -1.65. The number of amides is 1. The van der Waals surface area contributed by atoms with E-state index in [1.807, 2.05) is 30.3 Å². The van der Waals surface area contributed by atoms with Crippen LogP contribution in [0.2, 0.25) is 0 Å². The molecule has 3 nitrogen and oxygen atoms in total. The highest BCUT2D eigenvalue weighted by Gasteiger charge is 2.30. The maximum Gasteiger partial charge on any atom is 0.244 e. The Kier molecular flexibility index (Phi) is 5.15. The van der Waals surface area contributed by atoms with Gasteiger partial charge < -0.3 is 11.1 Å². The third kappa shape index (κ3) is 4.16. The van der Waals surface area contributed by atoms with E-state index in [1.165, 1.54) is 4.88 Å². The predicted molar refractivity (Wildman–Crippen MR) is 88.2 cm³/mol. The molecule has 0 bridgehead atoms. The van der Waals surface area contributed by atoms with Gasteiger partial charge in [-0.2, -0.15) is 0 Å². The quantitative estimate of drug-likeness (QED) is 0.862. The van der Waals surface area contributed by atoms with Crippen LogP contribution in [0.5, 0.6) is 0 Å². The van der Waals surface area contributed by atoms with Gasteiger partial charge in [-0.25, -0.2) is 0 Å². The van der Waals surface area contributed by atoms with Crippen LogP contribution in [-0.4, -0.2) is 12.5 Å². The van der Waals surface area contributed by atoms with Gasteiger partial charge in [0.05, 0.1) is 0 Å². The van der Waals surface area contributed by atoms with Crippen molar-refractivity contribution in [3.8, 4) is 0 Å². The van der Waals surface area contributed by atoms with Crippen molar-refractivity contribution in [2.24, 2.45) is 11.7 Å². The first-order chi connectivity index (χ1) is 10.00. The molecule has 0 radical (unpaired) electrons. The molecule has 2 unspecified atom stereocenters. The Labute approximate surface area is 130 Å². The number of nitrogens with two attached hydrogens (primary N) is 1. The third-order valence-corrected chi connectivity index (χ3v) is 4.48.